The summed E-state index contributed by atoms with van der Waals surface area (Å²) in [5.41, 5.74) is 2.13. The van der Waals surface area contributed by atoms with Crippen LogP contribution < -0.4 is 0 Å². The predicted molar refractivity (Wildman–Crippen MR) is 124 cm³/mol. The zero-order valence-electron chi connectivity index (χ0n) is 16.4. The van der Waals surface area contributed by atoms with Gasteiger partial charge in [0.25, 0.3) is 0 Å². The third-order valence-corrected chi connectivity index (χ3v) is 6.26. The molecule has 1 atom stereocenters. The second kappa shape index (κ2) is 9.57. The highest BCUT2D eigenvalue weighted by Gasteiger charge is 2.31. The molecule has 1 aliphatic heterocycles. The number of hydrazone groups is 1. The number of amidine groups is 1. The van der Waals surface area contributed by atoms with Crippen LogP contribution in [0.5, 0.6) is 0 Å². The van der Waals surface area contributed by atoms with E-state index >= 15 is 0 Å². The van der Waals surface area contributed by atoms with Crippen molar-refractivity contribution in [1.29, 1.82) is 0 Å². The van der Waals surface area contributed by atoms with Crippen molar-refractivity contribution in [3.8, 4) is 0 Å². The molecule has 32 heavy (non-hydrogen) atoms. The molecule has 1 unspecified atom stereocenters. The molecule has 0 radical (unpaired) electrons. The molecule has 3 aromatic rings. The van der Waals surface area contributed by atoms with Gasteiger partial charge in [-0.15, -0.1) is 0 Å². The molecule has 0 fully saturated rings. The van der Waals surface area contributed by atoms with Crippen LogP contribution in [0.4, 0.5) is 13.2 Å². The third-order valence-electron chi connectivity index (χ3n) is 4.88. The zero-order chi connectivity index (χ0) is 22.7. The highest BCUT2D eigenvalue weighted by molar-refractivity contribution is 7.98. The standard InChI is InChI=1S/C23H16Cl2F3N3S/c24-18-10-6-16(7-11-18)21-20(15-4-2-1-3-5-15)14-31(29-21)22(25)30-32-19-12-8-17(9-13-19)23(26,27)28/h1-13,20H,14H2. The van der Waals surface area contributed by atoms with Gasteiger partial charge in [-0.05, 0) is 59.1 Å². The fourth-order valence-corrected chi connectivity index (χ4v) is 4.16. The summed E-state index contributed by atoms with van der Waals surface area (Å²) in [4.78, 5) is 0.539. The molecule has 1 heterocycles. The van der Waals surface area contributed by atoms with Crippen molar-refractivity contribution < 1.29 is 13.2 Å². The van der Waals surface area contributed by atoms with E-state index in [1.54, 1.807) is 17.1 Å². The van der Waals surface area contributed by atoms with E-state index in [1.165, 1.54) is 12.1 Å². The average Bonchev–Trinajstić information content (AvgIpc) is 3.24. The first-order valence-electron chi connectivity index (χ1n) is 9.56. The van der Waals surface area contributed by atoms with Crippen molar-refractivity contribution in [3.05, 3.63) is 101 Å². The summed E-state index contributed by atoms with van der Waals surface area (Å²) in [6.45, 7) is 0.484. The van der Waals surface area contributed by atoms with Gasteiger partial charge in [0.2, 0.25) is 5.29 Å². The van der Waals surface area contributed by atoms with E-state index in [1.807, 2.05) is 42.5 Å². The van der Waals surface area contributed by atoms with E-state index in [0.717, 1.165) is 40.9 Å². The van der Waals surface area contributed by atoms with E-state index in [4.69, 9.17) is 23.2 Å². The topological polar surface area (TPSA) is 28.0 Å². The third kappa shape index (κ3) is 5.28. The number of hydrogen-bond donors (Lipinski definition) is 0. The fourth-order valence-electron chi connectivity index (χ4n) is 3.29. The van der Waals surface area contributed by atoms with E-state index in [0.29, 0.717) is 16.5 Å². The van der Waals surface area contributed by atoms with Crippen molar-refractivity contribution in [2.75, 3.05) is 6.54 Å². The molecule has 4 rings (SSSR count). The largest absolute Gasteiger partial charge is 0.416 e. The Hall–Kier alpha value is -2.48. The predicted octanol–water partition coefficient (Wildman–Crippen LogP) is 7.46. The van der Waals surface area contributed by atoms with Crippen LogP contribution in [0.3, 0.4) is 0 Å². The van der Waals surface area contributed by atoms with Gasteiger partial charge in [-0.3, -0.25) is 0 Å². The first-order chi connectivity index (χ1) is 15.3. The molecule has 3 aromatic carbocycles. The second-order valence-corrected chi connectivity index (χ2v) is 8.62. The minimum absolute atomic E-state index is 0.0302. The molecule has 0 saturated heterocycles. The van der Waals surface area contributed by atoms with E-state index < -0.39 is 11.7 Å². The summed E-state index contributed by atoms with van der Waals surface area (Å²) in [6, 6.07) is 22.1. The van der Waals surface area contributed by atoms with Gasteiger partial charge in [0.05, 0.1) is 17.8 Å². The Labute approximate surface area is 197 Å². The van der Waals surface area contributed by atoms with Gasteiger partial charge in [-0.1, -0.05) is 54.1 Å². The first-order valence-corrected chi connectivity index (χ1v) is 11.1. The Morgan fingerprint density at radius 2 is 1.62 bits per heavy atom. The molecule has 0 aliphatic carbocycles. The molecule has 0 aromatic heterocycles. The van der Waals surface area contributed by atoms with Crippen molar-refractivity contribution in [2.24, 2.45) is 9.50 Å². The van der Waals surface area contributed by atoms with Crippen LogP contribution in [0, 0.1) is 0 Å². The normalized spacial score (nSPS) is 16.9. The smallest absolute Gasteiger partial charge is 0.236 e. The number of benzene rings is 3. The van der Waals surface area contributed by atoms with Gasteiger partial charge in [-0.25, -0.2) is 5.01 Å². The fraction of sp³-hybridized carbons (Fsp3) is 0.130. The Bertz CT molecular complexity index is 1130. The summed E-state index contributed by atoms with van der Waals surface area (Å²) >= 11 is 13.4. The molecule has 9 heteroatoms. The van der Waals surface area contributed by atoms with Gasteiger partial charge < -0.3 is 0 Å². The molecule has 0 amide bonds. The van der Waals surface area contributed by atoms with Crippen LogP contribution in [0.2, 0.25) is 5.02 Å². The summed E-state index contributed by atoms with van der Waals surface area (Å²) in [7, 11) is 0. The van der Waals surface area contributed by atoms with Crippen LogP contribution >= 0.6 is 35.1 Å². The summed E-state index contributed by atoms with van der Waals surface area (Å²) in [5, 5.41) is 7.06. The minimum Gasteiger partial charge on any atom is -0.236 e. The summed E-state index contributed by atoms with van der Waals surface area (Å²) in [6.07, 6.45) is -4.38. The number of halogens is 5. The number of alkyl halides is 3. The number of rotatable bonds is 4. The van der Waals surface area contributed by atoms with Gasteiger partial charge in [-0.2, -0.15) is 22.7 Å². The molecule has 0 bridgehead atoms. The van der Waals surface area contributed by atoms with Crippen LogP contribution in [0.1, 0.15) is 22.6 Å². The molecule has 164 valence electrons. The van der Waals surface area contributed by atoms with Gasteiger partial charge >= 0.3 is 6.18 Å². The molecule has 0 N–H and O–H groups in total. The molecular formula is C23H16Cl2F3N3S. The number of nitrogens with zero attached hydrogens (tertiary/aromatic N) is 3. The molecule has 0 saturated carbocycles. The Kier molecular flexibility index (Phi) is 6.79. The highest BCUT2D eigenvalue weighted by atomic mass is 35.5. The van der Waals surface area contributed by atoms with Crippen LogP contribution in [-0.4, -0.2) is 22.6 Å². The first kappa shape index (κ1) is 22.7. The highest BCUT2D eigenvalue weighted by Crippen LogP contribution is 2.33. The lowest BCUT2D eigenvalue weighted by atomic mass is 9.91. The molecule has 3 nitrogen and oxygen atoms in total. The Morgan fingerprint density at radius 3 is 2.25 bits per heavy atom. The lowest BCUT2D eigenvalue weighted by Gasteiger charge is -2.15. The molecule has 1 aliphatic rings. The van der Waals surface area contributed by atoms with Crippen LogP contribution in [0.25, 0.3) is 0 Å². The molecular weight excluding hydrogens is 478 g/mol. The monoisotopic (exact) mass is 493 g/mol. The average molecular weight is 494 g/mol. The van der Waals surface area contributed by atoms with Crippen LogP contribution in [0.15, 0.2) is 93.3 Å². The summed E-state index contributed by atoms with van der Waals surface area (Å²) in [5.74, 6) is -0.0302. The minimum atomic E-state index is -4.38. The maximum absolute atomic E-state index is 12.7. The van der Waals surface area contributed by atoms with E-state index in [-0.39, 0.29) is 11.2 Å². The van der Waals surface area contributed by atoms with Gasteiger partial charge in [0, 0.05) is 27.8 Å². The maximum Gasteiger partial charge on any atom is 0.416 e. The number of hydrogen-bond acceptors (Lipinski definition) is 3. The Balaban J connectivity index is 1.56. The lowest BCUT2D eigenvalue weighted by Crippen LogP contribution is -2.21. The van der Waals surface area contributed by atoms with E-state index in [2.05, 4.69) is 9.50 Å². The SMILES string of the molecule is FC(F)(F)c1ccc(SN=C(Cl)N2CC(c3ccccc3)C(c3ccc(Cl)cc3)=N2)cc1. The zero-order valence-corrected chi connectivity index (χ0v) is 18.8. The van der Waals surface area contributed by atoms with Gasteiger partial charge in [0.15, 0.2) is 0 Å². The summed E-state index contributed by atoms with van der Waals surface area (Å²) < 4.78 is 42.4. The lowest BCUT2D eigenvalue weighted by molar-refractivity contribution is -0.137. The van der Waals surface area contributed by atoms with Crippen molar-refractivity contribution in [2.45, 2.75) is 17.0 Å². The van der Waals surface area contributed by atoms with Crippen molar-refractivity contribution in [3.63, 3.8) is 0 Å². The maximum atomic E-state index is 12.7. The van der Waals surface area contributed by atoms with Crippen LogP contribution in [-0.2, 0) is 6.18 Å². The quantitative estimate of drug-likeness (QED) is 0.163. The van der Waals surface area contributed by atoms with E-state index in [9.17, 15) is 13.2 Å². The van der Waals surface area contributed by atoms with Crippen molar-refractivity contribution in [1.82, 2.24) is 5.01 Å². The molecule has 0 spiro atoms. The second-order valence-electron chi connectivity index (χ2n) is 7.01. The van der Waals surface area contributed by atoms with Gasteiger partial charge in [0.1, 0.15) is 0 Å². The van der Waals surface area contributed by atoms with Crippen molar-refractivity contribution >= 4 is 46.2 Å². The Morgan fingerprint density at radius 1 is 0.969 bits per heavy atom.